The Balaban J connectivity index is 2.77. The molecule has 0 spiro atoms. The summed E-state index contributed by atoms with van der Waals surface area (Å²) in [7, 11) is 0. The van der Waals surface area contributed by atoms with Crippen molar-refractivity contribution < 1.29 is 4.74 Å². The van der Waals surface area contributed by atoms with Crippen molar-refractivity contribution in [2.45, 2.75) is 13.8 Å². The molecule has 4 nitrogen and oxygen atoms in total. The summed E-state index contributed by atoms with van der Waals surface area (Å²) in [5.74, 6) is 0.811. The highest BCUT2D eigenvalue weighted by molar-refractivity contribution is 5.47. The van der Waals surface area contributed by atoms with E-state index in [2.05, 4.69) is 16.8 Å². The lowest BCUT2D eigenvalue weighted by Gasteiger charge is -2.22. The van der Waals surface area contributed by atoms with Gasteiger partial charge in [0.1, 0.15) is 5.75 Å². The van der Waals surface area contributed by atoms with E-state index in [1.54, 1.807) is 6.20 Å². The van der Waals surface area contributed by atoms with E-state index in [9.17, 15) is 0 Å². The van der Waals surface area contributed by atoms with E-state index in [1.807, 2.05) is 19.2 Å². The first-order chi connectivity index (χ1) is 7.31. The summed E-state index contributed by atoms with van der Waals surface area (Å²) in [4.78, 5) is 6.32. The number of pyridine rings is 1. The van der Waals surface area contributed by atoms with E-state index in [1.165, 1.54) is 0 Å². The van der Waals surface area contributed by atoms with Gasteiger partial charge in [0.15, 0.2) is 0 Å². The molecule has 0 saturated carbocycles. The summed E-state index contributed by atoms with van der Waals surface area (Å²) in [6.45, 7) is 7.14. The molecule has 0 amide bonds. The molecule has 0 aliphatic carbocycles. The highest BCUT2D eigenvalue weighted by atomic mass is 16.5. The Morgan fingerprint density at radius 2 is 2.20 bits per heavy atom. The van der Waals surface area contributed by atoms with Crippen LogP contribution in [0.25, 0.3) is 0 Å². The average Bonchev–Trinajstić information content (AvgIpc) is 2.27. The number of hydrogen-bond acceptors (Lipinski definition) is 4. The Bertz CT molecular complexity index is 291. The van der Waals surface area contributed by atoms with Crippen molar-refractivity contribution in [3.63, 3.8) is 0 Å². The van der Waals surface area contributed by atoms with Crippen LogP contribution in [0.15, 0.2) is 18.5 Å². The molecule has 2 N–H and O–H groups in total. The minimum Gasteiger partial charge on any atom is -0.492 e. The lowest BCUT2D eigenvalue weighted by molar-refractivity contribution is 0.339. The van der Waals surface area contributed by atoms with Gasteiger partial charge < -0.3 is 15.4 Å². The van der Waals surface area contributed by atoms with Crippen LogP contribution >= 0.6 is 0 Å². The third-order valence-corrected chi connectivity index (χ3v) is 2.16. The van der Waals surface area contributed by atoms with Crippen LogP contribution in [0.5, 0.6) is 5.75 Å². The second-order valence-corrected chi connectivity index (χ2v) is 3.18. The number of rotatable bonds is 6. The average molecular weight is 209 g/mol. The maximum atomic E-state index is 5.55. The predicted molar refractivity (Wildman–Crippen MR) is 62.3 cm³/mol. The van der Waals surface area contributed by atoms with Gasteiger partial charge in [-0.3, -0.25) is 4.98 Å². The molecule has 0 aromatic carbocycles. The molecule has 0 saturated heterocycles. The second-order valence-electron chi connectivity index (χ2n) is 3.18. The molecule has 0 fully saturated rings. The molecule has 0 bridgehead atoms. The maximum absolute atomic E-state index is 5.55. The summed E-state index contributed by atoms with van der Waals surface area (Å²) in [6, 6.07) is 2.00. The van der Waals surface area contributed by atoms with E-state index >= 15 is 0 Å². The number of likely N-dealkylation sites (N-methyl/N-ethyl adjacent to an activating group) is 1. The molecular weight excluding hydrogens is 190 g/mol. The van der Waals surface area contributed by atoms with Crippen LogP contribution < -0.4 is 15.4 Å². The van der Waals surface area contributed by atoms with Crippen molar-refractivity contribution in [1.82, 2.24) is 4.98 Å². The lowest BCUT2D eigenvalue weighted by atomic mass is 10.3. The van der Waals surface area contributed by atoms with Crippen LogP contribution in [0.4, 0.5) is 5.69 Å². The number of anilines is 1. The zero-order valence-electron chi connectivity index (χ0n) is 9.44. The first-order valence-corrected chi connectivity index (χ1v) is 5.34. The van der Waals surface area contributed by atoms with Gasteiger partial charge in [0, 0.05) is 25.7 Å². The molecule has 1 aromatic heterocycles. The molecule has 0 atom stereocenters. The summed E-state index contributed by atoms with van der Waals surface area (Å²) in [6.07, 6.45) is 3.56. The van der Waals surface area contributed by atoms with Gasteiger partial charge in [-0.1, -0.05) is 0 Å². The van der Waals surface area contributed by atoms with E-state index in [0.29, 0.717) is 13.2 Å². The molecule has 84 valence electrons. The van der Waals surface area contributed by atoms with Crippen molar-refractivity contribution >= 4 is 5.69 Å². The topological polar surface area (TPSA) is 51.4 Å². The minimum absolute atomic E-state index is 0.646. The van der Waals surface area contributed by atoms with Crippen LogP contribution in [0.1, 0.15) is 13.8 Å². The molecule has 0 aliphatic heterocycles. The van der Waals surface area contributed by atoms with Gasteiger partial charge in [0.05, 0.1) is 24.7 Å². The maximum Gasteiger partial charge on any atom is 0.139 e. The van der Waals surface area contributed by atoms with Crippen molar-refractivity contribution in [2.75, 3.05) is 31.1 Å². The zero-order valence-corrected chi connectivity index (χ0v) is 9.44. The van der Waals surface area contributed by atoms with Crippen molar-refractivity contribution in [3.05, 3.63) is 18.5 Å². The standard InChI is InChI=1S/C11H19N3O/c1-3-14(6-5-12)10-7-11(15-4-2)9-13-8-10/h7-9H,3-6,12H2,1-2H3. The molecule has 4 heteroatoms. The molecule has 1 rings (SSSR count). The van der Waals surface area contributed by atoms with Crippen LogP contribution in [0.3, 0.4) is 0 Å². The van der Waals surface area contributed by atoms with Crippen LogP contribution in [0, 0.1) is 0 Å². The lowest BCUT2D eigenvalue weighted by Crippen LogP contribution is -2.29. The van der Waals surface area contributed by atoms with Gasteiger partial charge in [-0.2, -0.15) is 0 Å². The molecule has 15 heavy (non-hydrogen) atoms. The molecule has 1 heterocycles. The Morgan fingerprint density at radius 1 is 1.40 bits per heavy atom. The van der Waals surface area contributed by atoms with Gasteiger partial charge in [-0.15, -0.1) is 0 Å². The fourth-order valence-corrected chi connectivity index (χ4v) is 1.45. The quantitative estimate of drug-likeness (QED) is 0.766. The summed E-state index contributed by atoms with van der Waals surface area (Å²) < 4.78 is 5.40. The summed E-state index contributed by atoms with van der Waals surface area (Å²) >= 11 is 0. The third kappa shape index (κ3) is 3.40. The van der Waals surface area contributed by atoms with Crippen molar-refractivity contribution in [2.24, 2.45) is 5.73 Å². The van der Waals surface area contributed by atoms with Crippen LogP contribution in [-0.4, -0.2) is 31.2 Å². The van der Waals surface area contributed by atoms with Gasteiger partial charge in [0.2, 0.25) is 0 Å². The Labute approximate surface area is 91.1 Å². The second kappa shape index (κ2) is 6.24. The number of hydrogen-bond donors (Lipinski definition) is 1. The first-order valence-electron chi connectivity index (χ1n) is 5.34. The van der Waals surface area contributed by atoms with Crippen molar-refractivity contribution in [3.8, 4) is 5.75 Å². The normalized spacial score (nSPS) is 10.1. The number of ether oxygens (including phenoxy) is 1. The summed E-state index contributed by atoms with van der Waals surface area (Å²) in [5.41, 5.74) is 6.61. The monoisotopic (exact) mass is 209 g/mol. The molecule has 0 unspecified atom stereocenters. The smallest absolute Gasteiger partial charge is 0.139 e. The highest BCUT2D eigenvalue weighted by Crippen LogP contribution is 2.18. The van der Waals surface area contributed by atoms with Gasteiger partial charge in [-0.05, 0) is 13.8 Å². The minimum atomic E-state index is 0.646. The van der Waals surface area contributed by atoms with Gasteiger partial charge >= 0.3 is 0 Å². The first kappa shape index (κ1) is 11.8. The highest BCUT2D eigenvalue weighted by Gasteiger charge is 2.04. The van der Waals surface area contributed by atoms with Crippen LogP contribution in [-0.2, 0) is 0 Å². The number of nitrogens with two attached hydrogens (primary N) is 1. The van der Waals surface area contributed by atoms with E-state index < -0.39 is 0 Å². The SMILES string of the molecule is CCOc1cncc(N(CC)CCN)c1. The fourth-order valence-electron chi connectivity index (χ4n) is 1.45. The number of aromatic nitrogens is 1. The Hall–Kier alpha value is -1.29. The van der Waals surface area contributed by atoms with Gasteiger partial charge in [-0.25, -0.2) is 0 Å². The van der Waals surface area contributed by atoms with Crippen molar-refractivity contribution in [1.29, 1.82) is 0 Å². The molecule has 1 aromatic rings. The zero-order chi connectivity index (χ0) is 11.1. The van der Waals surface area contributed by atoms with E-state index in [4.69, 9.17) is 10.5 Å². The molecule has 0 aliphatic rings. The van der Waals surface area contributed by atoms with E-state index in [-0.39, 0.29) is 0 Å². The molecular formula is C11H19N3O. The predicted octanol–water partition coefficient (Wildman–Crippen LogP) is 1.27. The van der Waals surface area contributed by atoms with E-state index in [0.717, 1.165) is 24.5 Å². The Kier molecular flexibility index (Phi) is 4.90. The molecule has 0 radical (unpaired) electrons. The Morgan fingerprint density at radius 3 is 2.80 bits per heavy atom. The number of nitrogens with zero attached hydrogens (tertiary/aromatic N) is 2. The third-order valence-electron chi connectivity index (χ3n) is 2.16. The van der Waals surface area contributed by atoms with Crippen LogP contribution in [0.2, 0.25) is 0 Å². The largest absolute Gasteiger partial charge is 0.492 e. The fraction of sp³-hybridized carbons (Fsp3) is 0.545. The summed E-state index contributed by atoms with van der Waals surface area (Å²) in [5, 5.41) is 0. The van der Waals surface area contributed by atoms with Gasteiger partial charge in [0.25, 0.3) is 0 Å².